The van der Waals surface area contributed by atoms with Crippen molar-refractivity contribution in [1.29, 1.82) is 5.26 Å². The van der Waals surface area contributed by atoms with E-state index in [1.807, 2.05) is 0 Å². The number of urea groups is 1. The summed E-state index contributed by atoms with van der Waals surface area (Å²) in [5.41, 5.74) is 7.40. The van der Waals surface area contributed by atoms with Gasteiger partial charge in [-0.25, -0.2) is 9.18 Å². The largest absolute Gasteiger partial charge is 0.446 e. The van der Waals surface area contributed by atoms with Crippen molar-refractivity contribution in [3.05, 3.63) is 107 Å². The molecule has 4 aromatic rings. The van der Waals surface area contributed by atoms with Crippen LogP contribution in [0.15, 0.2) is 88.5 Å². The summed E-state index contributed by atoms with van der Waals surface area (Å²) in [5.74, 6) is -0.244. The Labute approximate surface area is 219 Å². The first-order valence-electron chi connectivity index (χ1n) is 11.4. The zero-order valence-electron chi connectivity index (χ0n) is 19.8. The number of aliphatic imine (C=N–C) groups is 1. The second kappa shape index (κ2) is 9.96. The van der Waals surface area contributed by atoms with E-state index >= 15 is 0 Å². The molecule has 5 rings (SSSR count). The van der Waals surface area contributed by atoms with Crippen LogP contribution in [0.2, 0.25) is 0 Å². The van der Waals surface area contributed by atoms with Crippen LogP contribution in [0.1, 0.15) is 28.4 Å². The molecule has 0 aliphatic carbocycles. The number of furan rings is 1. The van der Waals surface area contributed by atoms with Crippen LogP contribution in [0.3, 0.4) is 0 Å². The molecule has 2 heterocycles. The molecule has 1 unspecified atom stereocenters. The van der Waals surface area contributed by atoms with E-state index in [-0.39, 0.29) is 5.69 Å². The minimum Gasteiger partial charge on any atom is -0.446 e. The number of fused-ring (bicyclic) bond motifs is 1. The van der Waals surface area contributed by atoms with Crippen molar-refractivity contribution in [1.82, 2.24) is 0 Å². The van der Waals surface area contributed by atoms with Crippen molar-refractivity contribution in [2.45, 2.75) is 12.3 Å². The van der Waals surface area contributed by atoms with Gasteiger partial charge < -0.3 is 25.7 Å². The van der Waals surface area contributed by atoms with Gasteiger partial charge in [-0.15, -0.1) is 0 Å². The molecule has 0 saturated carbocycles. The monoisotopic (exact) mass is 534 g/mol. The van der Waals surface area contributed by atoms with Crippen molar-refractivity contribution in [3.8, 4) is 6.07 Å². The number of nitrogens with one attached hydrogen (secondary N) is 2. The van der Waals surface area contributed by atoms with Gasteiger partial charge in [0.15, 0.2) is 0 Å². The fourth-order valence-electron chi connectivity index (χ4n) is 4.05. The summed E-state index contributed by atoms with van der Waals surface area (Å²) in [4.78, 5) is 18.7. The molecule has 1 atom stereocenters. The highest BCUT2D eigenvalue weighted by Gasteiger charge is 2.32. The highest BCUT2D eigenvalue weighted by atomic mass is 19.4. The average molecular weight is 534 g/mol. The Morgan fingerprint density at radius 2 is 1.82 bits per heavy atom. The molecule has 12 heteroatoms. The molecular formula is C27H18F4N6O2. The number of carbonyl (C=O) groups excluding carboxylic acids is 1. The number of carbonyl (C=O) groups is 1. The number of hydrogen-bond acceptors (Lipinski definition) is 6. The third kappa shape index (κ3) is 5.16. The summed E-state index contributed by atoms with van der Waals surface area (Å²) >= 11 is 0. The quantitative estimate of drug-likeness (QED) is 0.258. The Morgan fingerprint density at radius 1 is 1.05 bits per heavy atom. The molecule has 1 aromatic heterocycles. The van der Waals surface area contributed by atoms with Crippen LogP contribution < -0.4 is 21.3 Å². The number of hydrogen-bond donors (Lipinski definition) is 3. The number of amidine groups is 1. The van der Waals surface area contributed by atoms with Crippen molar-refractivity contribution in [2.24, 2.45) is 10.7 Å². The molecule has 0 radical (unpaired) electrons. The molecule has 2 amide bonds. The average Bonchev–Trinajstić information content (AvgIpc) is 3.39. The van der Waals surface area contributed by atoms with Crippen LogP contribution in [-0.2, 0) is 6.18 Å². The minimum absolute atomic E-state index is 0.281. The summed E-state index contributed by atoms with van der Waals surface area (Å²) in [6, 6.07) is 17.8. The van der Waals surface area contributed by atoms with Gasteiger partial charge in [0.1, 0.15) is 17.8 Å². The first-order valence-corrected chi connectivity index (χ1v) is 11.4. The van der Waals surface area contributed by atoms with Gasteiger partial charge in [-0.3, -0.25) is 0 Å². The lowest BCUT2D eigenvalue weighted by atomic mass is 10.1. The van der Waals surface area contributed by atoms with E-state index in [0.717, 1.165) is 0 Å². The highest BCUT2D eigenvalue weighted by molar-refractivity contribution is 6.12. The van der Waals surface area contributed by atoms with E-state index in [1.54, 1.807) is 59.5 Å². The molecule has 0 bridgehead atoms. The molecule has 0 saturated heterocycles. The highest BCUT2D eigenvalue weighted by Crippen LogP contribution is 2.38. The summed E-state index contributed by atoms with van der Waals surface area (Å²) in [6.07, 6.45) is -3.91. The Kier molecular flexibility index (Phi) is 6.51. The second-order valence-electron chi connectivity index (χ2n) is 8.44. The predicted octanol–water partition coefficient (Wildman–Crippen LogP) is 6.51. The Morgan fingerprint density at radius 3 is 2.54 bits per heavy atom. The SMILES string of the molecule is N#Cc1cccc(C2=Nc3occc3C(N)N2c2ccc(NC(=O)Nc3cc(C(F)(F)F)ccc3F)cc2)c1. The van der Waals surface area contributed by atoms with Gasteiger partial charge in [0.2, 0.25) is 5.88 Å². The van der Waals surface area contributed by atoms with Gasteiger partial charge in [-0.05, 0) is 60.7 Å². The lowest BCUT2D eigenvalue weighted by Crippen LogP contribution is -2.42. The summed E-state index contributed by atoms with van der Waals surface area (Å²) in [7, 11) is 0. The zero-order chi connectivity index (χ0) is 27.7. The van der Waals surface area contributed by atoms with Crippen LogP contribution in [0.4, 0.5) is 45.3 Å². The first-order chi connectivity index (χ1) is 18.6. The molecule has 8 nitrogen and oxygen atoms in total. The van der Waals surface area contributed by atoms with E-state index in [2.05, 4.69) is 21.7 Å². The van der Waals surface area contributed by atoms with E-state index in [0.29, 0.717) is 52.3 Å². The van der Waals surface area contributed by atoms with Crippen molar-refractivity contribution in [2.75, 3.05) is 15.5 Å². The fraction of sp³-hybridized carbons (Fsp3) is 0.0741. The lowest BCUT2D eigenvalue weighted by molar-refractivity contribution is -0.137. The van der Waals surface area contributed by atoms with E-state index in [9.17, 15) is 27.6 Å². The van der Waals surface area contributed by atoms with E-state index in [4.69, 9.17) is 10.2 Å². The molecule has 1 aliphatic heterocycles. The normalized spacial score (nSPS) is 14.7. The maximum Gasteiger partial charge on any atom is 0.416 e. The first kappa shape index (κ1) is 25.5. The molecule has 4 N–H and O–H groups in total. The van der Waals surface area contributed by atoms with Crippen LogP contribution in [0.25, 0.3) is 0 Å². The van der Waals surface area contributed by atoms with E-state index < -0.39 is 35.4 Å². The van der Waals surface area contributed by atoms with Crippen LogP contribution in [0.5, 0.6) is 0 Å². The Hall–Kier alpha value is -5.15. The molecule has 3 aromatic carbocycles. The number of nitrogens with zero attached hydrogens (tertiary/aromatic N) is 3. The molecule has 0 spiro atoms. The molecule has 39 heavy (non-hydrogen) atoms. The van der Waals surface area contributed by atoms with Gasteiger partial charge in [-0.2, -0.15) is 23.4 Å². The van der Waals surface area contributed by atoms with Gasteiger partial charge in [0.05, 0.1) is 34.7 Å². The number of alkyl halides is 3. The fourth-order valence-corrected chi connectivity index (χ4v) is 4.05. The molecule has 0 fully saturated rings. The maximum absolute atomic E-state index is 14.0. The van der Waals surface area contributed by atoms with E-state index in [1.165, 1.54) is 6.26 Å². The standard InChI is InChI=1S/C27H18F4N6O2/c28-21-9-4-17(27(29,30)31)13-22(21)35-26(38)34-18-5-7-19(8-6-18)37-23(33)20-10-11-39-25(20)36-24(37)16-3-1-2-15(12-16)14-32/h1-13,23H,33H2,(H2,34,35,38). The lowest BCUT2D eigenvalue weighted by Gasteiger charge is -2.34. The summed E-state index contributed by atoms with van der Waals surface area (Å²) < 4.78 is 58.3. The van der Waals surface area contributed by atoms with Gasteiger partial charge >= 0.3 is 12.2 Å². The van der Waals surface area contributed by atoms with Crippen LogP contribution >= 0.6 is 0 Å². The number of halogens is 4. The summed E-state index contributed by atoms with van der Waals surface area (Å²) in [5, 5.41) is 13.9. The summed E-state index contributed by atoms with van der Waals surface area (Å²) in [6.45, 7) is 0. The number of benzene rings is 3. The number of rotatable bonds is 4. The second-order valence-corrected chi connectivity index (χ2v) is 8.44. The van der Waals surface area contributed by atoms with Gasteiger partial charge in [0.25, 0.3) is 0 Å². The van der Waals surface area contributed by atoms with Gasteiger partial charge in [0, 0.05) is 16.9 Å². The van der Waals surface area contributed by atoms with Crippen molar-refractivity contribution in [3.63, 3.8) is 0 Å². The Balaban J connectivity index is 1.38. The number of anilines is 3. The topological polar surface area (TPSA) is 120 Å². The Bertz CT molecular complexity index is 1620. The van der Waals surface area contributed by atoms with Crippen molar-refractivity contribution >= 4 is 34.8 Å². The minimum atomic E-state index is -4.69. The third-order valence-corrected chi connectivity index (χ3v) is 5.90. The van der Waals surface area contributed by atoms with Crippen LogP contribution in [-0.4, -0.2) is 11.9 Å². The van der Waals surface area contributed by atoms with Crippen molar-refractivity contribution < 1.29 is 26.8 Å². The smallest absolute Gasteiger partial charge is 0.416 e. The zero-order valence-corrected chi connectivity index (χ0v) is 19.8. The number of nitriles is 1. The maximum atomic E-state index is 14.0. The number of amides is 2. The number of nitrogens with two attached hydrogens (primary N) is 1. The predicted molar refractivity (Wildman–Crippen MR) is 136 cm³/mol. The van der Waals surface area contributed by atoms with Gasteiger partial charge in [-0.1, -0.05) is 12.1 Å². The molecular weight excluding hydrogens is 516 g/mol. The van der Waals surface area contributed by atoms with Crippen LogP contribution in [0, 0.1) is 17.1 Å². The molecule has 1 aliphatic rings. The molecule has 196 valence electrons. The third-order valence-electron chi connectivity index (χ3n) is 5.90.